The first-order chi connectivity index (χ1) is 15.8. The highest BCUT2D eigenvalue weighted by Gasteiger charge is 2.27. The molecule has 0 unspecified atom stereocenters. The number of fused-ring (bicyclic) bond motifs is 1. The number of ether oxygens (including phenoxy) is 2. The van der Waals surface area contributed by atoms with Gasteiger partial charge in [-0.2, -0.15) is 0 Å². The van der Waals surface area contributed by atoms with Gasteiger partial charge in [0.15, 0.2) is 5.76 Å². The van der Waals surface area contributed by atoms with Crippen LogP contribution in [0, 0.1) is 0 Å². The van der Waals surface area contributed by atoms with Crippen LogP contribution in [0.15, 0.2) is 52.0 Å². The zero-order valence-corrected chi connectivity index (χ0v) is 19.3. The fourth-order valence-electron chi connectivity index (χ4n) is 3.39. The maximum atomic E-state index is 12.2. The van der Waals surface area contributed by atoms with Gasteiger partial charge in [-0.25, -0.2) is 4.79 Å². The van der Waals surface area contributed by atoms with Crippen LogP contribution in [0.1, 0.15) is 46.3 Å². The van der Waals surface area contributed by atoms with Crippen molar-refractivity contribution < 1.29 is 23.5 Å². The second kappa shape index (κ2) is 9.48. The third kappa shape index (κ3) is 6.00. The lowest BCUT2D eigenvalue weighted by Crippen LogP contribution is -2.44. The minimum Gasteiger partial charge on any atom is -0.473 e. The molecular formula is C24H28N4O5. The summed E-state index contributed by atoms with van der Waals surface area (Å²) in [7, 11) is 0. The number of nitrogens with zero attached hydrogens (tertiary/aromatic N) is 4. The van der Waals surface area contributed by atoms with Gasteiger partial charge < -0.3 is 23.6 Å². The third-order valence-corrected chi connectivity index (χ3v) is 5.05. The van der Waals surface area contributed by atoms with Crippen LogP contribution in [0.4, 0.5) is 4.79 Å². The molecule has 0 N–H and O–H groups in total. The molecule has 0 saturated carbocycles. The topological polar surface area (TPSA) is 99.3 Å². The summed E-state index contributed by atoms with van der Waals surface area (Å²) in [6.07, 6.45) is 1.05. The van der Waals surface area contributed by atoms with E-state index in [9.17, 15) is 4.79 Å². The number of para-hydroxylation sites is 1. The summed E-state index contributed by atoms with van der Waals surface area (Å²) >= 11 is 0. The first-order valence-corrected chi connectivity index (χ1v) is 11.0. The van der Waals surface area contributed by atoms with Crippen LogP contribution >= 0.6 is 0 Å². The number of aromatic nitrogens is 2. The summed E-state index contributed by atoms with van der Waals surface area (Å²) in [5.41, 5.74) is 0.878. The monoisotopic (exact) mass is 452 g/mol. The van der Waals surface area contributed by atoms with Crippen LogP contribution in [0.2, 0.25) is 0 Å². The molecule has 1 saturated heterocycles. The lowest BCUT2D eigenvalue weighted by Gasteiger charge is -2.33. The Balaban J connectivity index is 1.27. The SMILES string of the molecule is C/C(=N/Oc1ccc(OC2CCN(C(=O)OC(C)(C)C)CC2)nn1)c1cc2ccccc2o1. The number of furan rings is 1. The normalized spacial score (nSPS) is 15.5. The number of hydrogen-bond acceptors (Lipinski definition) is 8. The number of benzene rings is 1. The number of likely N-dealkylation sites (tertiary alicyclic amines) is 1. The second-order valence-electron chi connectivity index (χ2n) is 8.91. The maximum absolute atomic E-state index is 12.2. The predicted molar refractivity (Wildman–Crippen MR) is 123 cm³/mol. The van der Waals surface area contributed by atoms with Crippen molar-refractivity contribution in [2.24, 2.45) is 5.16 Å². The maximum Gasteiger partial charge on any atom is 0.410 e. The molecule has 0 bridgehead atoms. The number of oxime groups is 1. The molecule has 9 heteroatoms. The zero-order valence-electron chi connectivity index (χ0n) is 19.3. The van der Waals surface area contributed by atoms with E-state index in [1.54, 1.807) is 24.0 Å². The Morgan fingerprint density at radius 2 is 1.79 bits per heavy atom. The lowest BCUT2D eigenvalue weighted by molar-refractivity contribution is 0.0122. The molecule has 2 aromatic heterocycles. The molecule has 3 aromatic rings. The number of hydrogen-bond donors (Lipinski definition) is 0. The molecule has 9 nitrogen and oxygen atoms in total. The van der Waals surface area contributed by atoms with Crippen molar-refractivity contribution in [1.29, 1.82) is 0 Å². The van der Waals surface area contributed by atoms with Crippen molar-refractivity contribution in [3.63, 3.8) is 0 Å². The summed E-state index contributed by atoms with van der Waals surface area (Å²) in [4.78, 5) is 19.3. The lowest BCUT2D eigenvalue weighted by atomic mass is 10.1. The van der Waals surface area contributed by atoms with Crippen molar-refractivity contribution in [2.75, 3.05) is 13.1 Å². The fourth-order valence-corrected chi connectivity index (χ4v) is 3.39. The Bertz CT molecular complexity index is 1090. The molecule has 1 fully saturated rings. The average molecular weight is 453 g/mol. The molecule has 33 heavy (non-hydrogen) atoms. The van der Waals surface area contributed by atoms with Gasteiger partial charge in [0.1, 0.15) is 23.0 Å². The zero-order chi connectivity index (χ0) is 23.4. The molecule has 3 heterocycles. The van der Waals surface area contributed by atoms with Gasteiger partial charge >= 0.3 is 6.09 Å². The van der Waals surface area contributed by atoms with Gasteiger partial charge in [0, 0.05) is 43.5 Å². The first kappa shape index (κ1) is 22.6. The molecule has 0 atom stereocenters. The number of carbonyl (C=O) groups is 1. The minimum atomic E-state index is -0.501. The summed E-state index contributed by atoms with van der Waals surface area (Å²) < 4.78 is 17.1. The van der Waals surface area contributed by atoms with Crippen molar-refractivity contribution in [2.45, 2.75) is 52.2 Å². The molecule has 174 valence electrons. The Hall–Kier alpha value is -3.62. The fraction of sp³-hybridized carbons (Fsp3) is 0.417. The first-order valence-electron chi connectivity index (χ1n) is 11.0. The summed E-state index contributed by atoms with van der Waals surface area (Å²) in [6, 6.07) is 13.0. The average Bonchev–Trinajstić information content (AvgIpc) is 3.22. The van der Waals surface area contributed by atoms with Crippen molar-refractivity contribution >= 4 is 22.8 Å². The Morgan fingerprint density at radius 1 is 1.09 bits per heavy atom. The predicted octanol–water partition coefficient (Wildman–Crippen LogP) is 4.80. The van der Waals surface area contributed by atoms with Gasteiger partial charge in [-0.15, -0.1) is 10.2 Å². The highest BCUT2D eigenvalue weighted by molar-refractivity contribution is 5.99. The highest BCUT2D eigenvalue weighted by Crippen LogP contribution is 2.21. The molecule has 1 aliphatic rings. The van der Waals surface area contributed by atoms with Crippen LogP contribution < -0.4 is 9.57 Å². The van der Waals surface area contributed by atoms with Gasteiger partial charge in [0.05, 0.1) is 0 Å². The quantitative estimate of drug-likeness (QED) is 0.405. The van der Waals surface area contributed by atoms with E-state index < -0.39 is 5.60 Å². The van der Waals surface area contributed by atoms with E-state index in [2.05, 4.69) is 15.4 Å². The third-order valence-electron chi connectivity index (χ3n) is 5.05. The van der Waals surface area contributed by atoms with Crippen molar-refractivity contribution in [3.8, 4) is 11.8 Å². The van der Waals surface area contributed by atoms with E-state index in [4.69, 9.17) is 18.7 Å². The summed E-state index contributed by atoms with van der Waals surface area (Å²) in [5.74, 6) is 1.27. The molecular weight excluding hydrogens is 424 g/mol. The number of rotatable bonds is 5. The number of amides is 1. The van der Waals surface area contributed by atoms with Gasteiger partial charge in [0.25, 0.3) is 5.88 Å². The van der Waals surface area contributed by atoms with Gasteiger partial charge in [-0.3, -0.25) is 0 Å². The molecule has 1 aromatic carbocycles. The smallest absolute Gasteiger partial charge is 0.410 e. The van der Waals surface area contributed by atoms with Crippen LogP contribution in [-0.2, 0) is 4.74 Å². The Morgan fingerprint density at radius 3 is 2.45 bits per heavy atom. The molecule has 0 spiro atoms. The van der Waals surface area contributed by atoms with E-state index in [1.807, 2.05) is 51.1 Å². The van der Waals surface area contributed by atoms with E-state index >= 15 is 0 Å². The van der Waals surface area contributed by atoms with Crippen LogP contribution in [0.5, 0.6) is 11.8 Å². The number of piperidine rings is 1. The summed E-state index contributed by atoms with van der Waals surface area (Å²) in [6.45, 7) is 8.52. The van der Waals surface area contributed by atoms with E-state index in [0.29, 0.717) is 43.3 Å². The second-order valence-corrected chi connectivity index (χ2v) is 8.91. The van der Waals surface area contributed by atoms with Crippen LogP contribution in [-0.4, -0.2) is 51.7 Å². The van der Waals surface area contributed by atoms with Gasteiger partial charge in [0.2, 0.25) is 5.88 Å². The van der Waals surface area contributed by atoms with Crippen LogP contribution in [0.25, 0.3) is 11.0 Å². The van der Waals surface area contributed by atoms with Crippen molar-refractivity contribution in [3.05, 3.63) is 48.2 Å². The standard InChI is InChI=1S/C24H28N4O5/c1-16(20-15-17-7-5-6-8-19(17)31-20)27-33-22-10-9-21(25-26-22)30-18-11-13-28(14-12-18)23(29)32-24(2,3)4/h5-10,15,18H,11-14H2,1-4H3/b27-16-. The van der Waals surface area contributed by atoms with Crippen LogP contribution in [0.3, 0.4) is 0 Å². The van der Waals surface area contributed by atoms with Gasteiger partial charge in [-0.05, 0) is 39.8 Å². The van der Waals surface area contributed by atoms with E-state index in [-0.39, 0.29) is 18.1 Å². The minimum absolute atomic E-state index is 0.0434. The highest BCUT2D eigenvalue weighted by atomic mass is 16.6. The summed E-state index contributed by atoms with van der Waals surface area (Å²) in [5, 5.41) is 13.2. The van der Waals surface area contributed by atoms with Crippen molar-refractivity contribution in [1.82, 2.24) is 15.1 Å². The molecule has 0 radical (unpaired) electrons. The molecule has 1 aliphatic heterocycles. The Kier molecular flexibility index (Phi) is 6.48. The Labute approximate surface area is 192 Å². The van der Waals surface area contributed by atoms with E-state index in [0.717, 1.165) is 11.0 Å². The molecule has 0 aliphatic carbocycles. The van der Waals surface area contributed by atoms with Gasteiger partial charge in [-0.1, -0.05) is 23.4 Å². The molecule has 1 amide bonds. The number of carbonyl (C=O) groups excluding carboxylic acids is 1. The largest absolute Gasteiger partial charge is 0.473 e. The van der Waals surface area contributed by atoms with E-state index in [1.165, 1.54) is 0 Å². The molecule has 4 rings (SSSR count).